The van der Waals surface area contributed by atoms with Crippen LogP contribution in [0.25, 0.3) is 0 Å². The van der Waals surface area contributed by atoms with Gasteiger partial charge in [0.2, 0.25) is 21.8 Å². The number of aryl methyl sites for hydroxylation is 1. The van der Waals surface area contributed by atoms with E-state index < -0.39 is 16.1 Å². The van der Waals surface area contributed by atoms with Gasteiger partial charge in [0.05, 0.1) is 11.9 Å². The average Bonchev–Trinajstić information content (AvgIpc) is 2.94. The van der Waals surface area contributed by atoms with Crippen molar-refractivity contribution in [2.75, 3.05) is 17.1 Å². The third-order valence-corrected chi connectivity index (χ3v) is 9.04. The summed E-state index contributed by atoms with van der Waals surface area (Å²) >= 11 is 13.0. The van der Waals surface area contributed by atoms with E-state index in [1.165, 1.54) is 9.21 Å². The number of carbonyl (C=O) groups is 2. The van der Waals surface area contributed by atoms with Crippen molar-refractivity contribution in [2.45, 2.75) is 65.1 Å². The Morgan fingerprint density at radius 1 is 0.929 bits per heavy atom. The summed E-state index contributed by atoms with van der Waals surface area (Å²) in [5.41, 5.74) is 2.98. The van der Waals surface area contributed by atoms with Gasteiger partial charge in [-0.25, -0.2) is 8.42 Å². The van der Waals surface area contributed by atoms with Crippen LogP contribution in [0.1, 0.15) is 49.8 Å². The third-order valence-electron chi connectivity index (χ3n) is 7.14. The van der Waals surface area contributed by atoms with Crippen molar-refractivity contribution in [3.63, 3.8) is 0 Å². The fourth-order valence-electron chi connectivity index (χ4n) is 4.56. The molecule has 0 saturated carbocycles. The van der Waals surface area contributed by atoms with Crippen molar-refractivity contribution in [3.8, 4) is 0 Å². The Balaban J connectivity index is 1.93. The van der Waals surface area contributed by atoms with E-state index in [9.17, 15) is 18.0 Å². The zero-order chi connectivity index (χ0) is 30.9. The van der Waals surface area contributed by atoms with Gasteiger partial charge in [-0.05, 0) is 56.5 Å². The molecular formula is C32H39Cl2N3O4S. The van der Waals surface area contributed by atoms with Crippen LogP contribution in [0.5, 0.6) is 0 Å². The number of rotatable bonds is 14. The predicted octanol–water partition coefficient (Wildman–Crippen LogP) is 6.40. The zero-order valence-corrected chi connectivity index (χ0v) is 26.8. The number of nitrogens with zero attached hydrogens (tertiary/aromatic N) is 2. The molecule has 7 nitrogen and oxygen atoms in total. The quantitative estimate of drug-likeness (QED) is 0.223. The molecule has 226 valence electrons. The van der Waals surface area contributed by atoms with Gasteiger partial charge < -0.3 is 10.2 Å². The van der Waals surface area contributed by atoms with Crippen LogP contribution in [0.15, 0.2) is 72.8 Å². The van der Waals surface area contributed by atoms with E-state index in [1.807, 2.05) is 63.2 Å². The number of carbonyl (C=O) groups excluding carboxylic acids is 2. The van der Waals surface area contributed by atoms with E-state index in [4.69, 9.17) is 23.2 Å². The van der Waals surface area contributed by atoms with Crippen molar-refractivity contribution in [2.24, 2.45) is 0 Å². The summed E-state index contributed by atoms with van der Waals surface area (Å²) in [6.45, 7) is 5.95. The molecule has 2 amide bonds. The lowest BCUT2D eigenvalue weighted by Crippen LogP contribution is -2.52. The molecule has 0 spiro atoms. The first-order valence-electron chi connectivity index (χ1n) is 14.0. The Labute approximate surface area is 259 Å². The lowest BCUT2D eigenvalue weighted by atomic mass is 10.0. The molecule has 0 saturated heterocycles. The van der Waals surface area contributed by atoms with Crippen LogP contribution in [-0.2, 0) is 32.6 Å². The molecule has 0 unspecified atom stereocenters. The van der Waals surface area contributed by atoms with Gasteiger partial charge in [-0.1, -0.05) is 84.2 Å². The van der Waals surface area contributed by atoms with E-state index in [0.717, 1.165) is 23.8 Å². The molecule has 42 heavy (non-hydrogen) atoms. The van der Waals surface area contributed by atoms with E-state index in [2.05, 4.69) is 5.32 Å². The second-order valence-electron chi connectivity index (χ2n) is 10.5. The molecule has 3 aromatic carbocycles. The van der Waals surface area contributed by atoms with Crippen LogP contribution in [0, 0.1) is 6.92 Å². The van der Waals surface area contributed by atoms with E-state index in [0.29, 0.717) is 21.3 Å². The number of halogens is 2. The highest BCUT2D eigenvalue weighted by Crippen LogP contribution is 2.28. The van der Waals surface area contributed by atoms with Crippen LogP contribution in [0.3, 0.4) is 0 Å². The number of sulfonamides is 1. The molecule has 10 heteroatoms. The molecule has 0 radical (unpaired) electrons. The molecule has 0 bridgehead atoms. The molecule has 0 heterocycles. The van der Waals surface area contributed by atoms with Crippen molar-refractivity contribution in [1.82, 2.24) is 10.2 Å². The predicted molar refractivity (Wildman–Crippen MR) is 171 cm³/mol. The molecule has 0 fully saturated rings. The Kier molecular flexibility index (Phi) is 12.3. The first kappa shape index (κ1) is 33.4. The number of hydrogen-bond acceptors (Lipinski definition) is 4. The summed E-state index contributed by atoms with van der Waals surface area (Å²) in [5, 5.41) is 3.82. The molecular weight excluding hydrogens is 593 g/mol. The first-order chi connectivity index (χ1) is 19.9. The van der Waals surface area contributed by atoms with Crippen molar-refractivity contribution >= 4 is 50.7 Å². The highest BCUT2D eigenvalue weighted by atomic mass is 35.5. The topological polar surface area (TPSA) is 86.8 Å². The van der Waals surface area contributed by atoms with E-state index in [-0.39, 0.29) is 50.2 Å². The maximum atomic E-state index is 14.0. The Hall–Kier alpha value is -3.07. The molecule has 0 aliphatic carbocycles. The Morgan fingerprint density at radius 3 is 2.12 bits per heavy atom. The molecule has 3 aromatic rings. The summed E-state index contributed by atoms with van der Waals surface area (Å²) < 4.78 is 26.5. The van der Waals surface area contributed by atoms with Gasteiger partial charge in [0.25, 0.3) is 0 Å². The highest BCUT2D eigenvalue weighted by Gasteiger charge is 2.32. The largest absolute Gasteiger partial charge is 0.352 e. The van der Waals surface area contributed by atoms with Crippen LogP contribution in [-0.4, -0.2) is 50.0 Å². The lowest BCUT2D eigenvalue weighted by molar-refractivity contribution is -0.141. The lowest BCUT2D eigenvalue weighted by Gasteiger charge is -2.33. The van der Waals surface area contributed by atoms with Gasteiger partial charge in [0.15, 0.2) is 0 Å². The van der Waals surface area contributed by atoms with Gasteiger partial charge in [-0.2, -0.15) is 0 Å². The summed E-state index contributed by atoms with van der Waals surface area (Å²) in [4.78, 5) is 29.2. The first-order valence-corrected chi connectivity index (χ1v) is 16.6. The SMILES string of the molecule is CC[C@@H](C)NC(=O)[C@H](Cc1ccccc1)N(Cc1c(Cl)cccc1Cl)C(=O)CCCN(c1ccc(C)cc1)S(C)(=O)=O. The summed E-state index contributed by atoms with van der Waals surface area (Å²) in [7, 11) is -3.59. The third kappa shape index (κ3) is 9.48. The number of amides is 2. The number of nitrogens with one attached hydrogen (secondary N) is 1. The number of hydrogen-bond donors (Lipinski definition) is 1. The fourth-order valence-corrected chi connectivity index (χ4v) is 6.05. The number of benzene rings is 3. The van der Waals surface area contributed by atoms with E-state index in [1.54, 1.807) is 30.3 Å². The zero-order valence-electron chi connectivity index (χ0n) is 24.5. The van der Waals surface area contributed by atoms with Gasteiger partial charge in [-0.15, -0.1) is 0 Å². The van der Waals surface area contributed by atoms with E-state index >= 15 is 0 Å². The van der Waals surface area contributed by atoms with Crippen molar-refractivity contribution in [3.05, 3.63) is 99.5 Å². The standard InChI is InChI=1S/C32H39Cl2N3O4S/c1-5-24(3)35-32(39)30(21-25-11-7-6-8-12-25)36(22-27-28(33)13-9-14-29(27)34)31(38)15-10-20-37(42(4,40)41)26-18-16-23(2)17-19-26/h6-9,11-14,16-19,24,30H,5,10,15,20-22H2,1-4H3,(H,35,39)/t24-,30+/m1/s1. The second kappa shape index (κ2) is 15.4. The van der Waals surface area contributed by atoms with Crippen LogP contribution < -0.4 is 9.62 Å². The summed E-state index contributed by atoms with van der Waals surface area (Å²) in [6.07, 6.45) is 2.43. The molecule has 0 aromatic heterocycles. The van der Waals surface area contributed by atoms with Crippen LogP contribution >= 0.6 is 23.2 Å². The van der Waals surface area contributed by atoms with Crippen molar-refractivity contribution < 1.29 is 18.0 Å². The molecule has 0 aliphatic rings. The smallest absolute Gasteiger partial charge is 0.243 e. The molecule has 0 aliphatic heterocycles. The van der Waals surface area contributed by atoms with Crippen molar-refractivity contribution in [1.29, 1.82) is 0 Å². The van der Waals surface area contributed by atoms with Gasteiger partial charge >= 0.3 is 0 Å². The maximum absolute atomic E-state index is 14.0. The average molecular weight is 633 g/mol. The van der Waals surface area contributed by atoms with Crippen LogP contribution in [0.2, 0.25) is 10.0 Å². The van der Waals surface area contributed by atoms with Gasteiger partial charge in [0, 0.05) is 47.6 Å². The van der Waals surface area contributed by atoms with Gasteiger partial charge in [0.1, 0.15) is 6.04 Å². The maximum Gasteiger partial charge on any atom is 0.243 e. The minimum atomic E-state index is -3.59. The highest BCUT2D eigenvalue weighted by molar-refractivity contribution is 7.92. The minimum Gasteiger partial charge on any atom is -0.352 e. The second-order valence-corrected chi connectivity index (χ2v) is 13.2. The molecule has 3 rings (SSSR count). The minimum absolute atomic E-state index is 0.0157. The normalized spacial score (nSPS) is 12.8. The summed E-state index contributed by atoms with van der Waals surface area (Å²) in [5.74, 6) is -0.578. The monoisotopic (exact) mass is 631 g/mol. The Morgan fingerprint density at radius 2 is 1.55 bits per heavy atom. The van der Waals surface area contributed by atoms with Gasteiger partial charge in [-0.3, -0.25) is 13.9 Å². The van der Waals surface area contributed by atoms with Crippen LogP contribution in [0.4, 0.5) is 5.69 Å². The molecule has 2 atom stereocenters. The summed E-state index contributed by atoms with van der Waals surface area (Å²) in [6, 6.07) is 20.9. The fraction of sp³-hybridized carbons (Fsp3) is 0.375. The number of anilines is 1. The molecule has 1 N–H and O–H groups in total. The Bertz CT molecular complexity index is 1430.